The van der Waals surface area contributed by atoms with Gasteiger partial charge in [-0.2, -0.15) is 0 Å². The number of rotatable bonds is 2. The first-order chi connectivity index (χ1) is 7.84. The maximum absolute atomic E-state index is 11.2. The molecule has 1 aliphatic rings. The minimum Gasteiger partial charge on any atom is -0.295 e. The third kappa shape index (κ3) is 3.30. The normalized spacial score (nSPS) is 23.5. The number of ketones is 1. The van der Waals surface area contributed by atoms with Crippen LogP contribution < -0.4 is 0 Å². The Morgan fingerprint density at radius 3 is 3.12 bits per heavy atom. The molecule has 1 aliphatic carbocycles. The van der Waals surface area contributed by atoms with Crippen LogP contribution in [0.25, 0.3) is 0 Å². The monoisotopic (exact) mass is 215 g/mol. The van der Waals surface area contributed by atoms with Crippen molar-refractivity contribution in [2.45, 2.75) is 32.1 Å². The summed E-state index contributed by atoms with van der Waals surface area (Å²) >= 11 is 0. The highest BCUT2D eigenvalue weighted by Gasteiger charge is 2.12. The van der Waals surface area contributed by atoms with Crippen LogP contribution in [0.4, 0.5) is 0 Å². The van der Waals surface area contributed by atoms with Crippen LogP contribution in [0.5, 0.6) is 0 Å². The van der Waals surface area contributed by atoms with E-state index in [0.717, 1.165) is 31.4 Å². The molecule has 0 amide bonds. The molecular formula is C14H17NO. The highest BCUT2D eigenvalue weighted by molar-refractivity contribution is 5.89. The summed E-state index contributed by atoms with van der Waals surface area (Å²) in [7, 11) is 0. The number of hydrogen-bond acceptors (Lipinski definition) is 2. The van der Waals surface area contributed by atoms with Gasteiger partial charge >= 0.3 is 0 Å². The van der Waals surface area contributed by atoms with Crippen LogP contribution in [0, 0.1) is 5.92 Å². The average molecular weight is 215 g/mol. The molecule has 0 saturated heterocycles. The van der Waals surface area contributed by atoms with E-state index in [2.05, 4.69) is 11.1 Å². The van der Waals surface area contributed by atoms with Gasteiger partial charge in [0.15, 0.2) is 5.78 Å². The van der Waals surface area contributed by atoms with Crippen LogP contribution in [-0.4, -0.2) is 10.8 Å². The number of carbonyl (C=O) groups is 1. The van der Waals surface area contributed by atoms with Crippen molar-refractivity contribution in [3.8, 4) is 0 Å². The number of hydrogen-bond donors (Lipinski definition) is 0. The quantitative estimate of drug-likeness (QED) is 0.759. The zero-order valence-corrected chi connectivity index (χ0v) is 9.43. The Kier molecular flexibility index (Phi) is 3.86. The molecular weight excluding hydrogens is 198 g/mol. The summed E-state index contributed by atoms with van der Waals surface area (Å²) < 4.78 is 0. The standard InChI is InChI=1S/C14H17NO/c16-14-8-3-5-12(6-4-9-14)11-13-7-1-2-10-15-13/h1-3,7-8,10,12H,4-6,9,11H2/b8-3-. The lowest BCUT2D eigenvalue weighted by Gasteiger charge is -2.15. The second-order valence-electron chi connectivity index (χ2n) is 4.39. The van der Waals surface area contributed by atoms with Crippen LogP contribution in [0.1, 0.15) is 31.4 Å². The molecule has 0 fully saturated rings. The van der Waals surface area contributed by atoms with Gasteiger partial charge in [0.05, 0.1) is 0 Å². The second kappa shape index (κ2) is 5.59. The predicted octanol–water partition coefficient (Wildman–Crippen LogP) is 2.94. The van der Waals surface area contributed by atoms with Gasteiger partial charge in [0.1, 0.15) is 0 Å². The first-order valence-corrected chi connectivity index (χ1v) is 5.94. The fraction of sp³-hybridized carbons (Fsp3) is 0.429. The van der Waals surface area contributed by atoms with E-state index in [-0.39, 0.29) is 5.78 Å². The van der Waals surface area contributed by atoms with Crippen LogP contribution in [0.2, 0.25) is 0 Å². The number of carbonyl (C=O) groups excluding carboxylic acids is 1. The van der Waals surface area contributed by atoms with E-state index in [1.807, 2.05) is 24.4 Å². The maximum Gasteiger partial charge on any atom is 0.155 e. The second-order valence-corrected chi connectivity index (χ2v) is 4.39. The predicted molar refractivity (Wildman–Crippen MR) is 64.0 cm³/mol. The average Bonchev–Trinajstić information content (AvgIpc) is 2.27. The van der Waals surface area contributed by atoms with Crippen molar-refractivity contribution in [3.05, 3.63) is 42.2 Å². The third-order valence-corrected chi connectivity index (χ3v) is 3.03. The van der Waals surface area contributed by atoms with E-state index in [4.69, 9.17) is 0 Å². The van der Waals surface area contributed by atoms with Crippen molar-refractivity contribution in [2.24, 2.45) is 5.92 Å². The molecule has 0 spiro atoms. The van der Waals surface area contributed by atoms with Gasteiger partial charge in [-0.25, -0.2) is 0 Å². The van der Waals surface area contributed by atoms with Crippen molar-refractivity contribution in [3.63, 3.8) is 0 Å². The smallest absolute Gasteiger partial charge is 0.155 e. The molecule has 2 nitrogen and oxygen atoms in total. The lowest BCUT2D eigenvalue weighted by atomic mass is 9.90. The summed E-state index contributed by atoms with van der Waals surface area (Å²) in [6.45, 7) is 0. The fourth-order valence-corrected chi connectivity index (χ4v) is 2.16. The van der Waals surface area contributed by atoms with Crippen molar-refractivity contribution in [1.29, 1.82) is 0 Å². The number of aromatic nitrogens is 1. The van der Waals surface area contributed by atoms with E-state index in [1.165, 1.54) is 0 Å². The molecule has 0 saturated carbocycles. The summed E-state index contributed by atoms with van der Waals surface area (Å²) in [6, 6.07) is 6.05. The van der Waals surface area contributed by atoms with Crippen LogP contribution in [0.3, 0.4) is 0 Å². The summed E-state index contributed by atoms with van der Waals surface area (Å²) in [5.41, 5.74) is 1.16. The van der Waals surface area contributed by atoms with Crippen LogP contribution >= 0.6 is 0 Å². The lowest BCUT2D eigenvalue weighted by molar-refractivity contribution is -0.114. The minimum atomic E-state index is 0.274. The largest absolute Gasteiger partial charge is 0.295 e. The van der Waals surface area contributed by atoms with Gasteiger partial charge < -0.3 is 0 Å². The summed E-state index contributed by atoms with van der Waals surface area (Å²) in [5.74, 6) is 0.913. The van der Waals surface area contributed by atoms with Crippen LogP contribution in [-0.2, 0) is 11.2 Å². The Balaban J connectivity index is 1.95. The molecule has 1 aromatic heterocycles. The molecule has 1 atom stereocenters. The van der Waals surface area contributed by atoms with E-state index >= 15 is 0 Å². The van der Waals surface area contributed by atoms with E-state index in [9.17, 15) is 4.79 Å². The van der Waals surface area contributed by atoms with Crippen molar-refractivity contribution in [2.75, 3.05) is 0 Å². The van der Waals surface area contributed by atoms with E-state index in [0.29, 0.717) is 12.3 Å². The Hall–Kier alpha value is -1.44. The molecule has 1 unspecified atom stereocenters. The van der Waals surface area contributed by atoms with Crippen molar-refractivity contribution < 1.29 is 4.79 Å². The molecule has 1 aromatic rings. The molecule has 1 heterocycles. The Morgan fingerprint density at radius 2 is 2.31 bits per heavy atom. The van der Waals surface area contributed by atoms with E-state index < -0.39 is 0 Å². The number of allylic oxidation sites excluding steroid dienone is 2. The first kappa shape index (κ1) is 11.1. The third-order valence-electron chi connectivity index (χ3n) is 3.03. The van der Waals surface area contributed by atoms with Gasteiger partial charge in [-0.15, -0.1) is 0 Å². The van der Waals surface area contributed by atoms with Gasteiger partial charge in [0.25, 0.3) is 0 Å². The molecule has 0 aromatic carbocycles. The minimum absolute atomic E-state index is 0.274. The number of nitrogens with zero attached hydrogens (tertiary/aromatic N) is 1. The number of pyridine rings is 1. The first-order valence-electron chi connectivity index (χ1n) is 5.94. The SMILES string of the molecule is O=C1/C=C\CC(Cc2ccccn2)CCC1. The molecule has 0 N–H and O–H groups in total. The molecule has 0 aliphatic heterocycles. The van der Waals surface area contributed by atoms with Gasteiger partial charge in [-0.3, -0.25) is 9.78 Å². The van der Waals surface area contributed by atoms with Crippen molar-refractivity contribution >= 4 is 5.78 Å². The summed E-state index contributed by atoms with van der Waals surface area (Å²) in [5, 5.41) is 0. The highest BCUT2D eigenvalue weighted by atomic mass is 16.1. The fourth-order valence-electron chi connectivity index (χ4n) is 2.16. The maximum atomic E-state index is 11.2. The highest BCUT2D eigenvalue weighted by Crippen LogP contribution is 2.20. The zero-order chi connectivity index (χ0) is 11.2. The molecule has 16 heavy (non-hydrogen) atoms. The topological polar surface area (TPSA) is 30.0 Å². The molecule has 0 radical (unpaired) electrons. The molecule has 0 bridgehead atoms. The van der Waals surface area contributed by atoms with Gasteiger partial charge in [-0.1, -0.05) is 12.1 Å². The lowest BCUT2D eigenvalue weighted by Crippen LogP contribution is -2.08. The van der Waals surface area contributed by atoms with Crippen molar-refractivity contribution in [1.82, 2.24) is 4.98 Å². The Labute approximate surface area is 96.4 Å². The molecule has 2 heteroatoms. The summed E-state index contributed by atoms with van der Waals surface area (Å²) in [6.07, 6.45) is 10.5. The Morgan fingerprint density at radius 1 is 1.38 bits per heavy atom. The molecule has 84 valence electrons. The molecule has 2 rings (SSSR count). The van der Waals surface area contributed by atoms with E-state index in [1.54, 1.807) is 6.08 Å². The summed E-state index contributed by atoms with van der Waals surface area (Å²) in [4.78, 5) is 15.6. The van der Waals surface area contributed by atoms with Gasteiger partial charge in [-0.05, 0) is 49.8 Å². The zero-order valence-electron chi connectivity index (χ0n) is 9.43. The van der Waals surface area contributed by atoms with Gasteiger partial charge in [0.2, 0.25) is 0 Å². The Bertz CT molecular complexity index is 370. The van der Waals surface area contributed by atoms with Crippen LogP contribution in [0.15, 0.2) is 36.5 Å². The van der Waals surface area contributed by atoms with Gasteiger partial charge in [0, 0.05) is 18.3 Å².